The lowest BCUT2D eigenvalue weighted by Gasteiger charge is -2.34. The third-order valence-electron chi connectivity index (χ3n) is 4.61. The Kier molecular flexibility index (Phi) is 8.75. The highest BCUT2D eigenvalue weighted by atomic mass is 19.4. The Hall–Kier alpha value is -2.29. The van der Waals surface area contributed by atoms with Gasteiger partial charge in [-0.2, -0.15) is 13.2 Å². The van der Waals surface area contributed by atoms with Crippen LogP contribution in [-0.4, -0.2) is 49.2 Å². The molecule has 2 rings (SSSR count). The maximum Gasteiger partial charge on any atom is 0.411 e. The van der Waals surface area contributed by atoms with Gasteiger partial charge in [0.05, 0.1) is 13.2 Å². The molecule has 6 nitrogen and oxygen atoms in total. The zero-order valence-electron chi connectivity index (χ0n) is 16.7. The number of rotatable bonds is 8. The van der Waals surface area contributed by atoms with E-state index in [2.05, 4.69) is 19.9 Å². The van der Waals surface area contributed by atoms with E-state index in [0.29, 0.717) is 18.5 Å². The number of hydrogen-bond donors (Lipinski definition) is 2. The predicted molar refractivity (Wildman–Crippen MR) is 105 cm³/mol. The number of alkyl halides is 3. The Balaban J connectivity index is 1.93. The lowest BCUT2D eigenvalue weighted by molar-refractivity contribution is -0.176. The molecule has 1 aliphatic rings. The number of aliphatic imine (C=N–C) groups is 1. The SMILES string of the molecule is CCNC(=NCc1ccc(COCC(F)(F)F)cc1)N1CCCC(CC(N)=O)C1. The first-order valence-electron chi connectivity index (χ1n) is 9.80. The molecule has 3 N–H and O–H groups in total. The fourth-order valence-corrected chi connectivity index (χ4v) is 3.33. The number of guanidine groups is 1. The summed E-state index contributed by atoms with van der Waals surface area (Å²) in [5, 5.41) is 3.28. The monoisotopic (exact) mass is 414 g/mol. The van der Waals surface area contributed by atoms with Gasteiger partial charge in [-0.1, -0.05) is 24.3 Å². The lowest BCUT2D eigenvalue weighted by Crippen LogP contribution is -2.47. The summed E-state index contributed by atoms with van der Waals surface area (Å²) in [5.74, 6) is 0.749. The van der Waals surface area contributed by atoms with E-state index in [9.17, 15) is 18.0 Å². The van der Waals surface area contributed by atoms with Crippen LogP contribution in [0.4, 0.5) is 13.2 Å². The number of hydrogen-bond acceptors (Lipinski definition) is 3. The molecule has 0 saturated carbocycles. The van der Waals surface area contributed by atoms with E-state index in [1.807, 2.05) is 19.1 Å². The molecule has 9 heteroatoms. The number of nitrogens with zero attached hydrogens (tertiary/aromatic N) is 2. The van der Waals surface area contributed by atoms with Crippen LogP contribution < -0.4 is 11.1 Å². The van der Waals surface area contributed by atoms with Crippen LogP contribution >= 0.6 is 0 Å². The first kappa shape index (κ1) is 23.0. The van der Waals surface area contributed by atoms with Gasteiger partial charge in [0.2, 0.25) is 5.91 Å². The highest BCUT2D eigenvalue weighted by Gasteiger charge is 2.27. The van der Waals surface area contributed by atoms with E-state index in [0.717, 1.165) is 44.0 Å². The Labute approximate surface area is 169 Å². The molecule has 162 valence electrons. The van der Waals surface area contributed by atoms with Crippen LogP contribution in [0.2, 0.25) is 0 Å². The molecule has 1 unspecified atom stereocenters. The van der Waals surface area contributed by atoms with Gasteiger partial charge >= 0.3 is 6.18 Å². The molecule has 0 bridgehead atoms. The van der Waals surface area contributed by atoms with Gasteiger partial charge in [-0.05, 0) is 36.8 Å². The van der Waals surface area contributed by atoms with Crippen LogP contribution in [0.3, 0.4) is 0 Å². The van der Waals surface area contributed by atoms with E-state index in [1.165, 1.54) is 0 Å². The average Bonchev–Trinajstić information content (AvgIpc) is 2.65. The molecule has 1 aliphatic heterocycles. The number of piperidine rings is 1. The van der Waals surface area contributed by atoms with E-state index in [4.69, 9.17) is 5.73 Å². The molecule has 1 aromatic carbocycles. The number of carbonyl (C=O) groups excluding carboxylic acids is 1. The second-order valence-electron chi connectivity index (χ2n) is 7.22. The van der Waals surface area contributed by atoms with Gasteiger partial charge in [-0.3, -0.25) is 4.79 Å². The van der Waals surface area contributed by atoms with Gasteiger partial charge in [0.1, 0.15) is 6.61 Å². The highest BCUT2D eigenvalue weighted by molar-refractivity contribution is 5.80. The first-order valence-corrected chi connectivity index (χ1v) is 9.80. The van der Waals surface area contributed by atoms with Crippen molar-refractivity contribution in [2.45, 2.75) is 45.5 Å². The predicted octanol–water partition coefficient (Wildman–Crippen LogP) is 2.82. The maximum absolute atomic E-state index is 12.1. The number of nitrogens with two attached hydrogens (primary N) is 1. The molecule has 29 heavy (non-hydrogen) atoms. The Bertz CT molecular complexity index is 677. The van der Waals surface area contributed by atoms with Gasteiger partial charge in [0, 0.05) is 26.1 Å². The minimum atomic E-state index is -4.32. The zero-order valence-corrected chi connectivity index (χ0v) is 16.7. The summed E-state index contributed by atoms with van der Waals surface area (Å²) in [5.41, 5.74) is 6.96. The normalized spacial score (nSPS) is 18.0. The molecule has 1 saturated heterocycles. The maximum atomic E-state index is 12.1. The first-order chi connectivity index (χ1) is 13.8. The van der Waals surface area contributed by atoms with Crippen molar-refractivity contribution >= 4 is 11.9 Å². The molecule has 0 aromatic heterocycles. The standard InChI is InChI=1S/C20H29F3N4O2/c1-2-25-19(27-9-3-4-17(12-27)10-18(24)28)26-11-15-5-7-16(8-6-15)13-29-14-20(21,22)23/h5-8,17H,2-4,9-14H2,1H3,(H2,24,28)(H,25,26). The topological polar surface area (TPSA) is 80.0 Å². The second-order valence-corrected chi connectivity index (χ2v) is 7.22. The molecule has 0 aliphatic carbocycles. The van der Waals surface area contributed by atoms with E-state index in [-0.39, 0.29) is 18.4 Å². The quantitative estimate of drug-likeness (QED) is 0.506. The molecule has 0 radical (unpaired) electrons. The van der Waals surface area contributed by atoms with Gasteiger partial charge < -0.3 is 20.7 Å². The Morgan fingerprint density at radius 1 is 1.31 bits per heavy atom. The second kappa shape index (κ2) is 11.0. The minimum Gasteiger partial charge on any atom is -0.370 e. The molecule has 0 spiro atoms. The number of nitrogens with one attached hydrogen (secondary N) is 1. The van der Waals surface area contributed by atoms with E-state index < -0.39 is 12.8 Å². The van der Waals surface area contributed by atoms with Crippen LogP contribution in [0.15, 0.2) is 29.3 Å². The Morgan fingerprint density at radius 3 is 2.62 bits per heavy atom. The van der Waals surface area contributed by atoms with Crippen molar-refractivity contribution in [1.82, 2.24) is 10.2 Å². The number of ether oxygens (including phenoxy) is 1. The number of carbonyl (C=O) groups is 1. The molecule has 1 atom stereocenters. The van der Waals surface area contributed by atoms with Gasteiger partial charge in [0.25, 0.3) is 0 Å². The van der Waals surface area contributed by atoms with Crippen molar-refractivity contribution in [2.24, 2.45) is 16.6 Å². The molecule has 1 fully saturated rings. The van der Waals surface area contributed by atoms with Crippen molar-refractivity contribution in [3.8, 4) is 0 Å². The third kappa shape index (κ3) is 8.72. The van der Waals surface area contributed by atoms with Crippen molar-refractivity contribution in [2.75, 3.05) is 26.2 Å². The van der Waals surface area contributed by atoms with Crippen molar-refractivity contribution in [1.29, 1.82) is 0 Å². The van der Waals surface area contributed by atoms with Crippen LogP contribution in [0.25, 0.3) is 0 Å². The molecule has 1 amide bonds. The summed E-state index contributed by atoms with van der Waals surface area (Å²) in [7, 11) is 0. The fourth-order valence-electron chi connectivity index (χ4n) is 3.33. The number of likely N-dealkylation sites (tertiary alicyclic amines) is 1. The summed E-state index contributed by atoms with van der Waals surface area (Å²) < 4.78 is 41.1. The summed E-state index contributed by atoms with van der Waals surface area (Å²) in [6, 6.07) is 7.17. The van der Waals surface area contributed by atoms with Crippen molar-refractivity contribution in [3.63, 3.8) is 0 Å². The fraction of sp³-hybridized carbons (Fsp3) is 0.600. The number of amides is 1. The lowest BCUT2D eigenvalue weighted by atomic mass is 9.95. The number of primary amides is 1. The molecular formula is C20H29F3N4O2. The van der Waals surface area contributed by atoms with Crippen molar-refractivity contribution < 1.29 is 22.7 Å². The van der Waals surface area contributed by atoms with Crippen LogP contribution in [0.5, 0.6) is 0 Å². The van der Waals surface area contributed by atoms with E-state index in [1.54, 1.807) is 12.1 Å². The summed E-state index contributed by atoms with van der Waals surface area (Å²) in [4.78, 5) is 18.0. The third-order valence-corrected chi connectivity index (χ3v) is 4.61. The minimum absolute atomic E-state index is 0.0826. The van der Waals surface area contributed by atoms with E-state index >= 15 is 0 Å². The van der Waals surface area contributed by atoms with Crippen LogP contribution in [-0.2, 0) is 22.7 Å². The molecule has 1 aromatic rings. The smallest absolute Gasteiger partial charge is 0.370 e. The Morgan fingerprint density at radius 2 is 2.00 bits per heavy atom. The summed E-state index contributed by atoms with van der Waals surface area (Å²) in [6.45, 7) is 3.45. The zero-order chi connectivity index (χ0) is 21.3. The summed E-state index contributed by atoms with van der Waals surface area (Å²) in [6.07, 6.45) is -1.97. The highest BCUT2D eigenvalue weighted by Crippen LogP contribution is 2.20. The van der Waals surface area contributed by atoms with Crippen molar-refractivity contribution in [3.05, 3.63) is 35.4 Å². The van der Waals surface area contributed by atoms with Gasteiger partial charge in [0.15, 0.2) is 5.96 Å². The van der Waals surface area contributed by atoms with Crippen LogP contribution in [0.1, 0.15) is 37.3 Å². The molecular weight excluding hydrogens is 385 g/mol. The number of benzene rings is 1. The molecule has 1 heterocycles. The number of halogens is 3. The summed E-state index contributed by atoms with van der Waals surface area (Å²) >= 11 is 0. The average molecular weight is 414 g/mol. The van der Waals surface area contributed by atoms with Gasteiger partial charge in [-0.25, -0.2) is 4.99 Å². The van der Waals surface area contributed by atoms with Crippen LogP contribution in [0, 0.1) is 5.92 Å². The van der Waals surface area contributed by atoms with Gasteiger partial charge in [-0.15, -0.1) is 0 Å². The largest absolute Gasteiger partial charge is 0.411 e.